The van der Waals surface area contributed by atoms with E-state index in [1.165, 1.54) is 38.5 Å². The minimum atomic E-state index is 0. The summed E-state index contributed by atoms with van der Waals surface area (Å²) in [5, 5.41) is 0. The molecule has 1 aliphatic heterocycles. The van der Waals surface area contributed by atoms with Crippen LogP contribution in [0.25, 0.3) is 0 Å². The standard InChI is InChI=1S/C14H26N2O.ClH/c15-11-13-8-5-9-16(13)14(17)10-12-6-3-1-2-4-7-12;/h12-13H,1-11,15H2;1H. The van der Waals surface area contributed by atoms with Crippen molar-refractivity contribution in [3.05, 3.63) is 0 Å². The summed E-state index contributed by atoms with van der Waals surface area (Å²) in [5.74, 6) is 1.01. The van der Waals surface area contributed by atoms with Crippen molar-refractivity contribution >= 4 is 18.3 Å². The summed E-state index contributed by atoms with van der Waals surface area (Å²) >= 11 is 0. The highest BCUT2D eigenvalue weighted by Crippen LogP contribution is 2.27. The number of carbonyl (C=O) groups is 1. The molecule has 0 aromatic carbocycles. The van der Waals surface area contributed by atoms with Gasteiger partial charge in [-0.15, -0.1) is 12.4 Å². The van der Waals surface area contributed by atoms with E-state index in [1.807, 2.05) is 4.90 Å². The first-order valence-corrected chi connectivity index (χ1v) is 7.31. The monoisotopic (exact) mass is 274 g/mol. The number of hydrogen-bond acceptors (Lipinski definition) is 2. The summed E-state index contributed by atoms with van der Waals surface area (Å²) in [5.41, 5.74) is 5.73. The van der Waals surface area contributed by atoms with Crippen LogP contribution in [0.2, 0.25) is 0 Å². The third-order valence-corrected chi connectivity index (χ3v) is 4.41. The summed E-state index contributed by atoms with van der Waals surface area (Å²) in [7, 11) is 0. The van der Waals surface area contributed by atoms with Crippen molar-refractivity contribution < 1.29 is 4.79 Å². The van der Waals surface area contributed by atoms with Gasteiger partial charge in [0.05, 0.1) is 0 Å². The Labute approximate surface area is 117 Å². The zero-order valence-corrected chi connectivity index (χ0v) is 12.1. The lowest BCUT2D eigenvalue weighted by molar-refractivity contribution is -0.133. The average Bonchev–Trinajstić information content (AvgIpc) is 2.68. The number of rotatable bonds is 3. The maximum atomic E-state index is 12.3. The van der Waals surface area contributed by atoms with Crippen molar-refractivity contribution in [2.24, 2.45) is 11.7 Å². The van der Waals surface area contributed by atoms with Gasteiger partial charge in [-0.25, -0.2) is 0 Å². The molecule has 4 heteroatoms. The van der Waals surface area contributed by atoms with E-state index in [0.29, 0.717) is 24.4 Å². The highest BCUT2D eigenvalue weighted by atomic mass is 35.5. The van der Waals surface area contributed by atoms with Crippen molar-refractivity contribution in [1.82, 2.24) is 4.90 Å². The molecule has 1 amide bonds. The molecule has 18 heavy (non-hydrogen) atoms. The Bertz CT molecular complexity index is 252. The van der Waals surface area contributed by atoms with Crippen LogP contribution in [0.1, 0.15) is 57.8 Å². The molecule has 1 saturated carbocycles. The smallest absolute Gasteiger partial charge is 0.223 e. The predicted molar refractivity (Wildman–Crippen MR) is 76.8 cm³/mol. The van der Waals surface area contributed by atoms with E-state index in [9.17, 15) is 4.79 Å². The number of nitrogens with two attached hydrogens (primary N) is 1. The van der Waals surface area contributed by atoms with Crippen LogP contribution in [0, 0.1) is 5.92 Å². The number of halogens is 1. The van der Waals surface area contributed by atoms with Gasteiger partial charge in [-0.05, 0) is 31.6 Å². The van der Waals surface area contributed by atoms with E-state index >= 15 is 0 Å². The molecule has 1 atom stereocenters. The molecule has 2 fully saturated rings. The lowest BCUT2D eigenvalue weighted by Gasteiger charge is -2.25. The second-order valence-corrected chi connectivity index (χ2v) is 5.68. The molecule has 2 rings (SSSR count). The van der Waals surface area contributed by atoms with Gasteiger partial charge in [0, 0.05) is 25.6 Å². The Kier molecular flexibility index (Phi) is 7.02. The van der Waals surface area contributed by atoms with Crippen molar-refractivity contribution in [3.8, 4) is 0 Å². The molecule has 3 nitrogen and oxygen atoms in total. The summed E-state index contributed by atoms with van der Waals surface area (Å²) in [6.07, 6.45) is 10.9. The molecule has 2 aliphatic rings. The highest BCUT2D eigenvalue weighted by Gasteiger charge is 2.28. The Hall–Kier alpha value is -0.280. The third-order valence-electron chi connectivity index (χ3n) is 4.41. The lowest BCUT2D eigenvalue weighted by atomic mass is 9.96. The molecule has 0 radical (unpaired) electrons. The zero-order valence-electron chi connectivity index (χ0n) is 11.3. The Balaban J connectivity index is 0.00000162. The third kappa shape index (κ3) is 4.13. The maximum Gasteiger partial charge on any atom is 0.223 e. The minimum Gasteiger partial charge on any atom is -0.338 e. The van der Waals surface area contributed by atoms with Crippen LogP contribution in [0.3, 0.4) is 0 Å². The molecule has 2 N–H and O–H groups in total. The molecule has 0 aromatic heterocycles. The second-order valence-electron chi connectivity index (χ2n) is 5.68. The van der Waals surface area contributed by atoms with E-state index in [1.54, 1.807) is 0 Å². The number of amides is 1. The fourth-order valence-electron chi connectivity index (χ4n) is 3.34. The van der Waals surface area contributed by atoms with Gasteiger partial charge in [-0.1, -0.05) is 25.7 Å². The topological polar surface area (TPSA) is 46.3 Å². The summed E-state index contributed by atoms with van der Waals surface area (Å²) in [6.45, 7) is 1.57. The molecule has 1 unspecified atom stereocenters. The molecule has 1 heterocycles. The van der Waals surface area contributed by atoms with Crippen LogP contribution in [0.5, 0.6) is 0 Å². The van der Waals surface area contributed by atoms with Gasteiger partial charge in [0.2, 0.25) is 5.91 Å². The van der Waals surface area contributed by atoms with Crippen LogP contribution in [-0.4, -0.2) is 29.9 Å². The van der Waals surface area contributed by atoms with Crippen LogP contribution in [0.4, 0.5) is 0 Å². The molecule has 1 aliphatic carbocycles. The first kappa shape index (κ1) is 15.8. The zero-order chi connectivity index (χ0) is 12.1. The van der Waals surface area contributed by atoms with E-state index in [0.717, 1.165) is 25.8 Å². The number of carbonyl (C=O) groups excluding carboxylic acids is 1. The number of likely N-dealkylation sites (tertiary alicyclic amines) is 1. The van der Waals surface area contributed by atoms with Crippen molar-refractivity contribution in [1.29, 1.82) is 0 Å². The van der Waals surface area contributed by atoms with Gasteiger partial charge in [0.15, 0.2) is 0 Å². The lowest BCUT2D eigenvalue weighted by Crippen LogP contribution is -2.40. The fourth-order valence-corrected chi connectivity index (χ4v) is 3.34. The largest absolute Gasteiger partial charge is 0.338 e. The van der Waals surface area contributed by atoms with Crippen molar-refractivity contribution in [2.75, 3.05) is 13.1 Å². The molecular formula is C14H27ClN2O. The Morgan fingerprint density at radius 3 is 2.33 bits per heavy atom. The second kappa shape index (κ2) is 8.00. The van der Waals surface area contributed by atoms with Crippen LogP contribution in [0.15, 0.2) is 0 Å². The summed E-state index contributed by atoms with van der Waals surface area (Å²) < 4.78 is 0. The van der Waals surface area contributed by atoms with Gasteiger partial charge in [0.25, 0.3) is 0 Å². The van der Waals surface area contributed by atoms with Crippen LogP contribution in [-0.2, 0) is 4.79 Å². The molecule has 106 valence electrons. The number of hydrogen-bond donors (Lipinski definition) is 1. The first-order valence-electron chi connectivity index (χ1n) is 7.31. The SMILES string of the molecule is Cl.NCC1CCCN1C(=O)CC1CCCCCC1. The van der Waals surface area contributed by atoms with E-state index < -0.39 is 0 Å². The predicted octanol–water partition coefficient (Wildman–Crippen LogP) is 2.72. The average molecular weight is 275 g/mol. The quantitative estimate of drug-likeness (QED) is 0.805. The van der Waals surface area contributed by atoms with E-state index in [-0.39, 0.29) is 12.4 Å². The van der Waals surface area contributed by atoms with E-state index in [2.05, 4.69) is 0 Å². The summed E-state index contributed by atoms with van der Waals surface area (Å²) in [6, 6.07) is 0.327. The van der Waals surface area contributed by atoms with E-state index in [4.69, 9.17) is 5.73 Å². The van der Waals surface area contributed by atoms with Gasteiger partial charge in [0.1, 0.15) is 0 Å². The highest BCUT2D eigenvalue weighted by molar-refractivity contribution is 5.85. The minimum absolute atomic E-state index is 0. The maximum absolute atomic E-state index is 12.3. The first-order chi connectivity index (χ1) is 8.31. The van der Waals surface area contributed by atoms with Gasteiger partial charge in [-0.2, -0.15) is 0 Å². The Morgan fingerprint density at radius 1 is 1.06 bits per heavy atom. The van der Waals surface area contributed by atoms with Crippen LogP contribution < -0.4 is 5.73 Å². The molecule has 0 spiro atoms. The number of nitrogens with zero attached hydrogens (tertiary/aromatic N) is 1. The molecule has 1 saturated heterocycles. The van der Waals surface area contributed by atoms with Crippen LogP contribution >= 0.6 is 12.4 Å². The molecular weight excluding hydrogens is 248 g/mol. The normalized spacial score (nSPS) is 25.6. The fraction of sp³-hybridized carbons (Fsp3) is 0.929. The van der Waals surface area contributed by atoms with Crippen molar-refractivity contribution in [2.45, 2.75) is 63.8 Å². The molecule has 0 aromatic rings. The van der Waals surface area contributed by atoms with Crippen molar-refractivity contribution in [3.63, 3.8) is 0 Å². The summed E-state index contributed by atoms with van der Waals surface area (Å²) in [4.78, 5) is 14.3. The van der Waals surface area contributed by atoms with Gasteiger partial charge in [-0.3, -0.25) is 4.79 Å². The van der Waals surface area contributed by atoms with Gasteiger partial charge >= 0.3 is 0 Å². The molecule has 0 bridgehead atoms. The Morgan fingerprint density at radius 2 is 1.72 bits per heavy atom. The van der Waals surface area contributed by atoms with Gasteiger partial charge < -0.3 is 10.6 Å².